The molecule has 2 N–H and O–H groups in total. The van der Waals surface area contributed by atoms with Gasteiger partial charge in [0.25, 0.3) is 0 Å². The van der Waals surface area contributed by atoms with Crippen LogP contribution in [0.25, 0.3) is 0 Å². The number of carboxylic acid groups (broad SMARTS) is 1. The summed E-state index contributed by atoms with van der Waals surface area (Å²) in [4.78, 5) is 10.6. The second-order valence-corrected chi connectivity index (χ2v) is 4.14. The minimum Gasteiger partial charge on any atom is -0.504 e. The molecule has 0 bridgehead atoms. The molecule has 0 amide bonds. The molecule has 0 heterocycles. The molecule has 6 heteroatoms. The monoisotopic (exact) mass is 284 g/mol. The molecular weight excluding hydrogens is 264 g/mol. The third kappa shape index (κ3) is 4.71. The maximum Gasteiger partial charge on any atom is 0.511 e. The van der Waals surface area contributed by atoms with Crippen molar-refractivity contribution in [1.29, 1.82) is 0 Å². The van der Waals surface area contributed by atoms with Crippen LogP contribution in [0.4, 0.5) is 4.79 Å². The zero-order valence-corrected chi connectivity index (χ0v) is 11.7. The molecule has 112 valence electrons. The average molecular weight is 284 g/mol. The lowest BCUT2D eigenvalue weighted by Gasteiger charge is -2.20. The van der Waals surface area contributed by atoms with Crippen LogP contribution in [0.3, 0.4) is 0 Å². The van der Waals surface area contributed by atoms with Crippen LogP contribution in [0, 0.1) is 0 Å². The Hall–Kier alpha value is -1.79. The first-order valence-corrected chi connectivity index (χ1v) is 6.56. The van der Waals surface area contributed by atoms with Crippen LogP contribution in [0.15, 0.2) is 18.2 Å². The summed E-state index contributed by atoms with van der Waals surface area (Å²) < 4.78 is 15.6. The fraction of sp³-hybridized carbons (Fsp3) is 0.500. The first-order valence-electron chi connectivity index (χ1n) is 6.56. The lowest BCUT2D eigenvalue weighted by molar-refractivity contribution is -0.147. The van der Waals surface area contributed by atoms with Gasteiger partial charge in [0.05, 0.1) is 5.56 Å². The normalized spacial score (nSPS) is 10.8. The first kappa shape index (κ1) is 16.3. The number of aromatic hydroxyl groups is 1. The van der Waals surface area contributed by atoms with E-state index in [1.807, 2.05) is 13.8 Å². The van der Waals surface area contributed by atoms with Crippen molar-refractivity contribution in [3.05, 3.63) is 23.8 Å². The van der Waals surface area contributed by atoms with Gasteiger partial charge in [-0.3, -0.25) is 0 Å². The van der Waals surface area contributed by atoms with Gasteiger partial charge in [0.1, 0.15) is 0 Å². The number of para-hydroxylation sites is 1. The van der Waals surface area contributed by atoms with E-state index in [1.165, 1.54) is 6.07 Å². The molecule has 6 nitrogen and oxygen atoms in total. The third-order valence-corrected chi connectivity index (χ3v) is 2.43. The molecule has 0 unspecified atom stereocenters. The zero-order chi connectivity index (χ0) is 15.0. The number of benzene rings is 1. The molecule has 0 radical (unpaired) electrons. The second-order valence-electron chi connectivity index (χ2n) is 4.14. The molecule has 1 rings (SSSR count). The topological polar surface area (TPSA) is 85.2 Å². The van der Waals surface area contributed by atoms with Crippen LogP contribution >= 0.6 is 0 Å². The molecule has 1 aromatic carbocycles. The number of rotatable bonds is 8. The molecule has 0 spiro atoms. The fourth-order valence-corrected chi connectivity index (χ4v) is 1.58. The maximum absolute atomic E-state index is 10.6. The number of hydrogen-bond donors (Lipinski definition) is 2. The number of carbonyl (C=O) groups is 1. The van der Waals surface area contributed by atoms with E-state index in [-0.39, 0.29) is 11.5 Å². The van der Waals surface area contributed by atoms with Crippen molar-refractivity contribution in [2.24, 2.45) is 0 Å². The molecule has 0 atom stereocenters. The third-order valence-electron chi connectivity index (χ3n) is 2.43. The van der Waals surface area contributed by atoms with Crippen LogP contribution in [-0.2, 0) is 9.47 Å². The van der Waals surface area contributed by atoms with Gasteiger partial charge in [-0.05, 0) is 25.0 Å². The van der Waals surface area contributed by atoms with Gasteiger partial charge in [0.2, 0.25) is 0 Å². The van der Waals surface area contributed by atoms with Gasteiger partial charge in [0.15, 0.2) is 17.8 Å². The number of phenols is 1. The Morgan fingerprint density at radius 1 is 1.20 bits per heavy atom. The molecule has 20 heavy (non-hydrogen) atoms. The van der Waals surface area contributed by atoms with E-state index in [9.17, 15) is 9.90 Å². The van der Waals surface area contributed by atoms with E-state index >= 15 is 0 Å². The van der Waals surface area contributed by atoms with Crippen molar-refractivity contribution in [3.8, 4) is 11.5 Å². The Labute approximate surface area is 117 Å². The maximum atomic E-state index is 10.6. The van der Waals surface area contributed by atoms with Crippen molar-refractivity contribution < 1.29 is 29.2 Å². The quantitative estimate of drug-likeness (QED) is 0.433. The molecule has 0 saturated heterocycles. The van der Waals surface area contributed by atoms with Crippen LogP contribution in [0.5, 0.6) is 11.5 Å². The highest BCUT2D eigenvalue weighted by atomic mass is 16.7. The Kier molecular flexibility index (Phi) is 6.83. The van der Waals surface area contributed by atoms with Gasteiger partial charge in [0, 0.05) is 13.2 Å². The molecule has 0 saturated carbocycles. The number of ether oxygens (including phenoxy) is 3. The zero-order valence-electron chi connectivity index (χ0n) is 11.7. The molecule has 1 aromatic rings. The second kappa shape index (κ2) is 8.39. The van der Waals surface area contributed by atoms with E-state index < -0.39 is 12.4 Å². The highest BCUT2D eigenvalue weighted by molar-refractivity contribution is 5.63. The van der Waals surface area contributed by atoms with Gasteiger partial charge in [-0.1, -0.05) is 19.9 Å². The summed E-state index contributed by atoms with van der Waals surface area (Å²) in [6, 6.07) is 4.55. The highest BCUT2D eigenvalue weighted by Crippen LogP contribution is 2.35. The van der Waals surface area contributed by atoms with E-state index in [0.717, 1.165) is 12.8 Å². The van der Waals surface area contributed by atoms with Gasteiger partial charge >= 0.3 is 6.16 Å². The van der Waals surface area contributed by atoms with E-state index in [0.29, 0.717) is 18.8 Å². The van der Waals surface area contributed by atoms with E-state index in [1.54, 1.807) is 12.1 Å². The fourth-order valence-electron chi connectivity index (χ4n) is 1.58. The summed E-state index contributed by atoms with van der Waals surface area (Å²) in [5.74, 6) is -0.424. The smallest absolute Gasteiger partial charge is 0.504 e. The molecule has 0 aromatic heterocycles. The van der Waals surface area contributed by atoms with Crippen molar-refractivity contribution in [1.82, 2.24) is 0 Å². The number of phenolic OH excluding ortho intramolecular Hbond substituents is 1. The molecule has 0 aliphatic rings. The van der Waals surface area contributed by atoms with Crippen molar-refractivity contribution in [2.75, 3.05) is 13.2 Å². The van der Waals surface area contributed by atoms with Crippen LogP contribution < -0.4 is 4.74 Å². The average Bonchev–Trinajstić information content (AvgIpc) is 2.41. The summed E-state index contributed by atoms with van der Waals surface area (Å²) in [6.07, 6.45) is -0.624. The highest BCUT2D eigenvalue weighted by Gasteiger charge is 2.20. The lowest BCUT2D eigenvalue weighted by Crippen LogP contribution is -2.11. The van der Waals surface area contributed by atoms with Crippen molar-refractivity contribution in [3.63, 3.8) is 0 Å². The van der Waals surface area contributed by atoms with E-state index in [2.05, 4.69) is 4.74 Å². The summed E-state index contributed by atoms with van der Waals surface area (Å²) in [5, 5.41) is 18.7. The Bertz CT molecular complexity index is 424. The summed E-state index contributed by atoms with van der Waals surface area (Å²) in [5.41, 5.74) is 0.352. The summed E-state index contributed by atoms with van der Waals surface area (Å²) in [7, 11) is 0. The number of hydrogen-bond acceptors (Lipinski definition) is 5. The molecule has 0 aliphatic heterocycles. The van der Waals surface area contributed by atoms with Gasteiger partial charge in [-0.15, -0.1) is 0 Å². The minimum atomic E-state index is -1.49. The molecular formula is C14H20O6. The van der Waals surface area contributed by atoms with Crippen LogP contribution in [0.2, 0.25) is 0 Å². The Morgan fingerprint density at radius 3 is 2.30 bits per heavy atom. The van der Waals surface area contributed by atoms with E-state index in [4.69, 9.17) is 14.6 Å². The first-order chi connectivity index (χ1) is 9.60. The van der Waals surface area contributed by atoms with Gasteiger partial charge < -0.3 is 24.4 Å². The SMILES string of the molecule is CCCOC(OCCC)c1cccc(OC(=O)O)c1O. The predicted octanol–water partition coefficient (Wildman–Crippen LogP) is 3.30. The molecule has 0 fully saturated rings. The lowest BCUT2D eigenvalue weighted by atomic mass is 10.1. The predicted molar refractivity (Wildman–Crippen MR) is 72.0 cm³/mol. The standard InChI is InChI=1S/C14H20O6/c1-3-8-18-13(19-9-4-2)10-6-5-7-11(12(10)15)20-14(16)17/h5-7,13,15H,3-4,8-9H2,1-2H3,(H,16,17). The Morgan fingerprint density at radius 2 is 1.80 bits per heavy atom. The Balaban J connectivity index is 2.96. The van der Waals surface area contributed by atoms with Gasteiger partial charge in [-0.2, -0.15) is 0 Å². The van der Waals surface area contributed by atoms with Crippen molar-refractivity contribution >= 4 is 6.16 Å². The van der Waals surface area contributed by atoms with Crippen molar-refractivity contribution in [2.45, 2.75) is 33.0 Å². The minimum absolute atomic E-state index is 0.139. The van der Waals surface area contributed by atoms with Gasteiger partial charge in [-0.25, -0.2) is 4.79 Å². The largest absolute Gasteiger partial charge is 0.511 e. The summed E-state index contributed by atoms with van der Waals surface area (Å²) in [6.45, 7) is 4.86. The van der Waals surface area contributed by atoms with Crippen LogP contribution in [-0.4, -0.2) is 29.6 Å². The molecule has 0 aliphatic carbocycles. The van der Waals surface area contributed by atoms with Crippen LogP contribution in [0.1, 0.15) is 38.5 Å². The summed E-state index contributed by atoms with van der Waals surface area (Å²) >= 11 is 0.